The van der Waals surface area contributed by atoms with Crippen LogP contribution in [0.5, 0.6) is 5.88 Å². The molecular formula is C32H41N5O5. The number of imidazole rings is 1. The van der Waals surface area contributed by atoms with Gasteiger partial charge in [-0.15, -0.1) is 0 Å². The van der Waals surface area contributed by atoms with Crippen molar-refractivity contribution in [2.45, 2.75) is 63.3 Å². The minimum absolute atomic E-state index is 0.163. The Bertz CT molecular complexity index is 1390. The fraction of sp³-hybridized carbons (Fsp3) is 0.594. The van der Waals surface area contributed by atoms with Gasteiger partial charge in [0.2, 0.25) is 5.88 Å². The second-order valence-corrected chi connectivity index (χ2v) is 12.4. The van der Waals surface area contributed by atoms with Crippen molar-refractivity contribution in [2.24, 2.45) is 5.92 Å². The van der Waals surface area contributed by atoms with Crippen molar-refractivity contribution in [1.82, 2.24) is 24.3 Å². The van der Waals surface area contributed by atoms with Crippen LogP contribution in [0.1, 0.15) is 59.9 Å². The van der Waals surface area contributed by atoms with Crippen LogP contribution in [0.2, 0.25) is 0 Å². The molecule has 1 unspecified atom stereocenters. The molecule has 1 atom stereocenters. The minimum atomic E-state index is -0.920. The molecule has 4 fully saturated rings. The number of carboxylic acids is 1. The molecule has 0 amide bonds. The van der Waals surface area contributed by atoms with Crippen molar-refractivity contribution in [2.75, 3.05) is 52.6 Å². The van der Waals surface area contributed by atoms with E-state index >= 15 is 0 Å². The molecule has 3 aromatic rings. The van der Waals surface area contributed by atoms with Gasteiger partial charge in [-0.25, -0.2) is 14.8 Å². The topological polar surface area (TPSA) is 102 Å². The van der Waals surface area contributed by atoms with Crippen LogP contribution in [-0.4, -0.2) is 100 Å². The molecule has 0 aliphatic carbocycles. The monoisotopic (exact) mass is 575 g/mol. The number of likely N-dealkylation sites (tertiary alicyclic amines) is 2. The van der Waals surface area contributed by atoms with Crippen molar-refractivity contribution < 1.29 is 24.1 Å². The zero-order chi connectivity index (χ0) is 28.5. The van der Waals surface area contributed by atoms with E-state index in [1.54, 1.807) is 12.1 Å². The number of pyridine rings is 1. The summed E-state index contributed by atoms with van der Waals surface area (Å²) in [5, 5.41) is 9.52. The lowest BCUT2D eigenvalue weighted by Gasteiger charge is -2.41. The molecule has 4 aliphatic heterocycles. The van der Waals surface area contributed by atoms with Gasteiger partial charge in [-0.05, 0) is 88.5 Å². The Balaban J connectivity index is 0.944. The van der Waals surface area contributed by atoms with E-state index in [1.807, 2.05) is 12.1 Å². The lowest BCUT2D eigenvalue weighted by Crippen LogP contribution is -2.52. The highest BCUT2D eigenvalue weighted by Gasteiger charge is 2.30. The summed E-state index contributed by atoms with van der Waals surface area (Å²) in [6, 6.07) is 12.0. The molecule has 6 heterocycles. The van der Waals surface area contributed by atoms with Gasteiger partial charge in [0.25, 0.3) is 0 Å². The van der Waals surface area contributed by atoms with Crippen LogP contribution < -0.4 is 4.74 Å². The average Bonchev–Trinajstić information content (AvgIpc) is 3.30. The maximum absolute atomic E-state index is 11.6. The van der Waals surface area contributed by atoms with E-state index in [-0.39, 0.29) is 11.7 Å². The Kier molecular flexibility index (Phi) is 8.12. The molecule has 0 bridgehead atoms. The van der Waals surface area contributed by atoms with Crippen LogP contribution in [-0.2, 0) is 22.6 Å². The molecule has 7 rings (SSSR count). The lowest BCUT2D eigenvalue weighted by atomic mass is 9.93. The van der Waals surface area contributed by atoms with Gasteiger partial charge in [0.1, 0.15) is 5.82 Å². The van der Waals surface area contributed by atoms with Gasteiger partial charge in [-0.1, -0.05) is 6.07 Å². The summed E-state index contributed by atoms with van der Waals surface area (Å²) in [4.78, 5) is 26.5. The summed E-state index contributed by atoms with van der Waals surface area (Å²) in [5.41, 5.74) is 3.12. The van der Waals surface area contributed by atoms with Gasteiger partial charge < -0.3 is 23.9 Å². The van der Waals surface area contributed by atoms with Crippen LogP contribution in [0.15, 0.2) is 36.4 Å². The average molecular weight is 576 g/mol. The summed E-state index contributed by atoms with van der Waals surface area (Å²) in [7, 11) is 0. The van der Waals surface area contributed by atoms with E-state index in [0.717, 1.165) is 107 Å². The zero-order valence-corrected chi connectivity index (χ0v) is 24.2. The molecule has 1 N–H and O–H groups in total. The van der Waals surface area contributed by atoms with Crippen molar-refractivity contribution >= 4 is 17.0 Å². The molecule has 42 heavy (non-hydrogen) atoms. The Morgan fingerprint density at radius 1 is 1.00 bits per heavy atom. The van der Waals surface area contributed by atoms with E-state index in [0.29, 0.717) is 24.4 Å². The summed E-state index contributed by atoms with van der Waals surface area (Å²) in [6.07, 6.45) is 5.61. The van der Waals surface area contributed by atoms with E-state index in [2.05, 4.69) is 26.5 Å². The molecule has 224 valence electrons. The number of ether oxygens (including phenoxy) is 3. The van der Waals surface area contributed by atoms with Gasteiger partial charge in [-0.2, -0.15) is 0 Å². The number of piperidine rings is 2. The SMILES string of the molecule is O=C(O)c1ccc2nc(CN3CCC(c4cccc(OCC5CCN(C6COC6)CC5)n4)CC3)n(CC3CCO3)c2c1. The number of hydrogen-bond donors (Lipinski definition) is 1. The highest BCUT2D eigenvalue weighted by atomic mass is 16.5. The predicted octanol–water partition coefficient (Wildman–Crippen LogP) is 3.79. The molecule has 0 saturated carbocycles. The van der Waals surface area contributed by atoms with Gasteiger partial charge in [0.15, 0.2) is 0 Å². The van der Waals surface area contributed by atoms with Crippen molar-refractivity contribution in [3.63, 3.8) is 0 Å². The van der Waals surface area contributed by atoms with E-state index < -0.39 is 5.97 Å². The third kappa shape index (κ3) is 6.04. The quantitative estimate of drug-likeness (QED) is 0.387. The lowest BCUT2D eigenvalue weighted by molar-refractivity contribution is -0.0750. The second kappa shape index (κ2) is 12.3. The van der Waals surface area contributed by atoms with Crippen LogP contribution in [0.4, 0.5) is 0 Å². The number of nitrogens with zero attached hydrogens (tertiary/aromatic N) is 5. The van der Waals surface area contributed by atoms with Crippen molar-refractivity contribution in [1.29, 1.82) is 0 Å². The van der Waals surface area contributed by atoms with Crippen LogP contribution in [0.25, 0.3) is 11.0 Å². The van der Waals surface area contributed by atoms with Gasteiger partial charge in [-0.3, -0.25) is 9.80 Å². The molecule has 10 heteroatoms. The van der Waals surface area contributed by atoms with Gasteiger partial charge in [0, 0.05) is 24.3 Å². The number of hydrogen-bond acceptors (Lipinski definition) is 8. The van der Waals surface area contributed by atoms with Gasteiger partial charge >= 0.3 is 5.97 Å². The fourth-order valence-corrected chi connectivity index (χ4v) is 6.71. The zero-order valence-electron chi connectivity index (χ0n) is 24.2. The smallest absolute Gasteiger partial charge is 0.335 e. The predicted molar refractivity (Wildman–Crippen MR) is 157 cm³/mol. The Labute approximate surface area is 246 Å². The molecule has 1 aromatic carbocycles. The summed E-state index contributed by atoms with van der Waals surface area (Å²) >= 11 is 0. The third-order valence-electron chi connectivity index (χ3n) is 9.62. The van der Waals surface area contributed by atoms with Crippen LogP contribution >= 0.6 is 0 Å². The Morgan fingerprint density at radius 3 is 2.50 bits per heavy atom. The van der Waals surface area contributed by atoms with Crippen molar-refractivity contribution in [3.05, 3.63) is 53.5 Å². The number of aromatic nitrogens is 3. The molecule has 10 nitrogen and oxygen atoms in total. The second-order valence-electron chi connectivity index (χ2n) is 12.4. The van der Waals surface area contributed by atoms with Gasteiger partial charge in [0.05, 0.1) is 61.7 Å². The molecule has 4 saturated heterocycles. The van der Waals surface area contributed by atoms with Crippen molar-refractivity contribution in [3.8, 4) is 5.88 Å². The highest BCUT2D eigenvalue weighted by Crippen LogP contribution is 2.30. The largest absolute Gasteiger partial charge is 0.478 e. The first-order chi connectivity index (χ1) is 20.6. The number of carbonyl (C=O) groups is 1. The minimum Gasteiger partial charge on any atom is -0.478 e. The van der Waals surface area contributed by atoms with E-state index in [4.69, 9.17) is 24.2 Å². The summed E-state index contributed by atoms with van der Waals surface area (Å²) in [6.45, 7) is 8.96. The first-order valence-corrected chi connectivity index (χ1v) is 15.6. The van der Waals surface area contributed by atoms with E-state index in [9.17, 15) is 9.90 Å². The maximum Gasteiger partial charge on any atom is 0.335 e. The maximum atomic E-state index is 11.6. The Hall–Kier alpha value is -3.05. The molecule has 2 aromatic heterocycles. The number of fused-ring (bicyclic) bond motifs is 1. The molecule has 0 spiro atoms. The number of carboxylic acid groups (broad SMARTS) is 1. The molecule has 0 radical (unpaired) electrons. The standard InChI is InChI=1S/C32H41N5O5/c38-32(39)24-4-5-28-29(16-24)37(17-26-10-15-41-26)30(33-28)18-35-11-8-23(9-12-35)27-2-1-3-31(34-27)42-19-22-6-13-36(14-7-22)25-20-40-21-25/h1-5,16,22-23,25-26H,6-15,17-21H2,(H,38,39). The summed E-state index contributed by atoms with van der Waals surface area (Å²) < 4.78 is 19.4. The van der Waals surface area contributed by atoms with Crippen LogP contribution in [0.3, 0.4) is 0 Å². The number of benzene rings is 1. The third-order valence-corrected chi connectivity index (χ3v) is 9.62. The molecule has 4 aliphatic rings. The number of aromatic carboxylic acids is 1. The highest BCUT2D eigenvalue weighted by molar-refractivity contribution is 5.92. The van der Waals surface area contributed by atoms with Crippen LogP contribution in [0, 0.1) is 5.92 Å². The normalized spacial score (nSPS) is 23.1. The first-order valence-electron chi connectivity index (χ1n) is 15.6. The molecular weight excluding hydrogens is 534 g/mol. The number of rotatable bonds is 10. The first kappa shape index (κ1) is 27.8. The fourth-order valence-electron chi connectivity index (χ4n) is 6.71. The van der Waals surface area contributed by atoms with E-state index in [1.165, 1.54) is 12.8 Å². The Morgan fingerprint density at radius 2 is 1.81 bits per heavy atom. The summed E-state index contributed by atoms with van der Waals surface area (Å²) in [5.74, 6) is 1.81.